The summed E-state index contributed by atoms with van der Waals surface area (Å²) >= 11 is 6.22. The molecule has 1 atom stereocenters. The predicted molar refractivity (Wildman–Crippen MR) is 149 cm³/mol. The molecule has 38 heavy (non-hydrogen) atoms. The van der Waals surface area contributed by atoms with Crippen LogP contribution in [0.5, 0.6) is 17.2 Å². The van der Waals surface area contributed by atoms with Crippen molar-refractivity contribution in [2.75, 3.05) is 19.0 Å². The summed E-state index contributed by atoms with van der Waals surface area (Å²) in [6, 6.07) is 19.7. The van der Waals surface area contributed by atoms with Crippen molar-refractivity contribution in [3.05, 3.63) is 82.9 Å². The number of ether oxygens (including phenoxy) is 3. The van der Waals surface area contributed by atoms with Crippen LogP contribution in [0.1, 0.15) is 31.9 Å². The van der Waals surface area contributed by atoms with Gasteiger partial charge in [-0.2, -0.15) is 5.10 Å². The second-order valence-electron chi connectivity index (χ2n) is 8.69. The average molecular weight is 538 g/mol. The molecular weight excluding hydrogens is 506 g/mol. The number of benzene rings is 3. The third-order valence-corrected chi connectivity index (χ3v) is 5.95. The molecule has 0 aliphatic carbocycles. The van der Waals surface area contributed by atoms with Crippen LogP contribution in [0.15, 0.2) is 71.8 Å². The van der Waals surface area contributed by atoms with Crippen molar-refractivity contribution in [3.8, 4) is 17.2 Å². The number of nitrogens with one attached hydrogen (secondary N) is 2. The summed E-state index contributed by atoms with van der Waals surface area (Å²) in [5.74, 6) is -0.347. The lowest BCUT2D eigenvalue weighted by Gasteiger charge is -2.18. The summed E-state index contributed by atoms with van der Waals surface area (Å²) in [6.07, 6.45) is 1.48. The van der Waals surface area contributed by atoms with Gasteiger partial charge in [0.05, 0.1) is 19.9 Å². The number of nitrogens with zero attached hydrogens (tertiary/aromatic N) is 1. The molecule has 2 amide bonds. The highest BCUT2D eigenvalue weighted by Gasteiger charge is 2.30. The summed E-state index contributed by atoms with van der Waals surface area (Å²) in [5.41, 5.74) is 4.59. The van der Waals surface area contributed by atoms with Crippen molar-refractivity contribution in [1.82, 2.24) is 5.43 Å². The van der Waals surface area contributed by atoms with E-state index in [9.17, 15) is 9.59 Å². The quantitative estimate of drug-likeness (QED) is 0.176. The molecule has 0 aliphatic heterocycles. The fourth-order valence-corrected chi connectivity index (χ4v) is 3.81. The van der Waals surface area contributed by atoms with Crippen LogP contribution in [0.4, 0.5) is 5.69 Å². The zero-order valence-electron chi connectivity index (χ0n) is 21.9. The molecule has 200 valence electrons. The lowest BCUT2D eigenvalue weighted by Crippen LogP contribution is -2.39. The van der Waals surface area contributed by atoms with E-state index in [1.165, 1.54) is 6.21 Å². The first-order chi connectivity index (χ1) is 18.3. The molecular formula is C29H32ClN3O5. The Bertz CT molecular complexity index is 1260. The van der Waals surface area contributed by atoms with Crippen molar-refractivity contribution >= 4 is 35.3 Å². The van der Waals surface area contributed by atoms with Crippen LogP contribution < -0.4 is 25.0 Å². The minimum atomic E-state index is -0.936. The van der Waals surface area contributed by atoms with Gasteiger partial charge in [-0.05, 0) is 66.9 Å². The number of carbonyl (C=O) groups excluding carboxylic acids is 2. The minimum Gasteiger partial charge on any atom is -0.497 e. The van der Waals surface area contributed by atoms with Crippen molar-refractivity contribution in [2.24, 2.45) is 16.9 Å². The fourth-order valence-electron chi connectivity index (χ4n) is 3.62. The Kier molecular flexibility index (Phi) is 10.5. The molecule has 2 N–H and O–H groups in total. The minimum absolute atomic E-state index is 0.248. The second-order valence-corrected chi connectivity index (χ2v) is 9.10. The van der Waals surface area contributed by atoms with Crippen LogP contribution >= 0.6 is 11.6 Å². The predicted octanol–water partition coefficient (Wildman–Crippen LogP) is 5.69. The maximum Gasteiger partial charge on any atom is 0.252 e. The molecule has 0 bridgehead atoms. The van der Waals surface area contributed by atoms with Gasteiger partial charge in [-0.3, -0.25) is 9.59 Å². The number of hydrogen-bond donors (Lipinski definition) is 2. The second kappa shape index (κ2) is 14.0. The highest BCUT2D eigenvalue weighted by atomic mass is 35.5. The van der Waals surface area contributed by atoms with Crippen LogP contribution in [0.3, 0.4) is 0 Å². The van der Waals surface area contributed by atoms with Gasteiger partial charge in [-0.1, -0.05) is 43.6 Å². The first-order valence-electron chi connectivity index (χ1n) is 12.2. The number of carbonyl (C=O) groups is 2. The van der Waals surface area contributed by atoms with Gasteiger partial charge >= 0.3 is 0 Å². The zero-order chi connectivity index (χ0) is 27.5. The van der Waals surface area contributed by atoms with E-state index in [0.29, 0.717) is 46.7 Å². The number of anilines is 1. The zero-order valence-corrected chi connectivity index (χ0v) is 22.6. The molecule has 0 aromatic heterocycles. The van der Waals surface area contributed by atoms with Crippen molar-refractivity contribution in [2.45, 2.75) is 27.4 Å². The highest BCUT2D eigenvalue weighted by molar-refractivity contribution is 6.31. The van der Waals surface area contributed by atoms with E-state index in [1.807, 2.05) is 31.2 Å². The Hall–Kier alpha value is -4.04. The van der Waals surface area contributed by atoms with Crippen LogP contribution in [0.2, 0.25) is 5.02 Å². The maximum absolute atomic E-state index is 12.8. The van der Waals surface area contributed by atoms with Gasteiger partial charge in [-0.25, -0.2) is 5.43 Å². The third-order valence-electron chi connectivity index (χ3n) is 5.59. The largest absolute Gasteiger partial charge is 0.497 e. The van der Waals surface area contributed by atoms with E-state index in [2.05, 4.69) is 15.8 Å². The lowest BCUT2D eigenvalue weighted by molar-refractivity contribution is -0.134. The van der Waals surface area contributed by atoms with Gasteiger partial charge in [0.15, 0.2) is 11.5 Å². The summed E-state index contributed by atoms with van der Waals surface area (Å²) in [5, 5.41) is 7.46. The van der Waals surface area contributed by atoms with E-state index >= 15 is 0 Å². The summed E-state index contributed by atoms with van der Waals surface area (Å²) in [6.45, 7) is 6.22. The van der Waals surface area contributed by atoms with Gasteiger partial charge < -0.3 is 19.5 Å². The van der Waals surface area contributed by atoms with E-state index in [-0.39, 0.29) is 5.92 Å². The Labute approximate surface area is 227 Å². The molecule has 0 saturated carbocycles. The monoisotopic (exact) mass is 537 g/mol. The van der Waals surface area contributed by atoms with Crippen LogP contribution in [-0.4, -0.2) is 31.7 Å². The number of halogens is 1. The van der Waals surface area contributed by atoms with Crippen molar-refractivity contribution in [1.29, 1.82) is 0 Å². The normalized spacial score (nSPS) is 11.7. The van der Waals surface area contributed by atoms with Crippen LogP contribution in [-0.2, 0) is 16.2 Å². The van der Waals surface area contributed by atoms with Crippen LogP contribution in [0, 0.1) is 11.8 Å². The number of hydrazone groups is 1. The molecule has 3 aromatic rings. The lowest BCUT2D eigenvalue weighted by atomic mass is 9.94. The van der Waals surface area contributed by atoms with Crippen molar-refractivity contribution < 1.29 is 23.8 Å². The van der Waals surface area contributed by atoms with Gasteiger partial charge in [0.2, 0.25) is 5.91 Å². The number of methoxy groups -OCH3 is 1. The third kappa shape index (κ3) is 7.98. The highest BCUT2D eigenvalue weighted by Crippen LogP contribution is 2.29. The molecule has 3 rings (SSSR count). The summed E-state index contributed by atoms with van der Waals surface area (Å²) in [4.78, 5) is 25.6. The molecule has 0 aliphatic rings. The van der Waals surface area contributed by atoms with Crippen molar-refractivity contribution in [3.63, 3.8) is 0 Å². The summed E-state index contributed by atoms with van der Waals surface area (Å²) < 4.78 is 16.8. The molecule has 3 aromatic carbocycles. The van der Waals surface area contributed by atoms with Gasteiger partial charge in [0, 0.05) is 16.3 Å². The van der Waals surface area contributed by atoms with Crippen LogP contribution in [0.25, 0.3) is 0 Å². The van der Waals surface area contributed by atoms with E-state index in [1.54, 1.807) is 63.4 Å². The van der Waals surface area contributed by atoms with Gasteiger partial charge in [0.1, 0.15) is 18.3 Å². The molecule has 8 nitrogen and oxygen atoms in total. The number of hydrogen-bond acceptors (Lipinski definition) is 6. The van der Waals surface area contributed by atoms with Gasteiger partial charge in [0.25, 0.3) is 5.91 Å². The van der Waals surface area contributed by atoms with E-state index < -0.39 is 17.7 Å². The van der Waals surface area contributed by atoms with E-state index in [0.717, 1.165) is 5.56 Å². The molecule has 0 saturated heterocycles. The molecule has 0 heterocycles. The molecule has 0 radical (unpaired) electrons. The Morgan fingerprint density at radius 3 is 2.37 bits per heavy atom. The Morgan fingerprint density at radius 1 is 0.974 bits per heavy atom. The average Bonchev–Trinajstić information content (AvgIpc) is 2.89. The van der Waals surface area contributed by atoms with E-state index in [4.69, 9.17) is 25.8 Å². The fraction of sp³-hybridized carbons (Fsp3) is 0.276. The number of amides is 2. The number of rotatable bonds is 12. The van der Waals surface area contributed by atoms with Gasteiger partial charge in [-0.15, -0.1) is 0 Å². The summed E-state index contributed by atoms with van der Waals surface area (Å²) in [7, 11) is 1.56. The Morgan fingerprint density at radius 2 is 1.71 bits per heavy atom. The maximum atomic E-state index is 12.8. The molecule has 0 spiro atoms. The molecule has 9 heteroatoms. The standard InChI is InChI=1S/C29H32ClN3O5/c1-5-37-26-16-20(10-15-25(26)38-18-21-8-6-7-9-24(21)30)17-31-33-29(35)27(19(2)3)28(34)32-22-11-13-23(36-4)14-12-22/h6-17,19,27H,5,18H2,1-4H3,(H,32,34)(H,33,35). The first-order valence-corrected chi connectivity index (χ1v) is 12.6. The molecule has 0 fully saturated rings. The topological polar surface area (TPSA) is 98.2 Å². The SMILES string of the molecule is CCOc1cc(C=NNC(=O)C(C(=O)Nc2ccc(OC)cc2)C(C)C)ccc1OCc1ccccc1Cl. The molecule has 1 unspecified atom stereocenters. The first kappa shape index (κ1) is 28.5. The smallest absolute Gasteiger partial charge is 0.252 e. The Balaban J connectivity index is 1.64.